The van der Waals surface area contributed by atoms with Gasteiger partial charge in [0.15, 0.2) is 0 Å². The number of halogens is 2. The highest BCUT2D eigenvalue weighted by molar-refractivity contribution is 5.79. The molecule has 0 unspecified atom stereocenters. The second-order valence-electron chi connectivity index (χ2n) is 6.59. The summed E-state index contributed by atoms with van der Waals surface area (Å²) in [5, 5.41) is 4.64. The molecule has 0 amide bonds. The maximum absolute atomic E-state index is 12.4. The van der Waals surface area contributed by atoms with Gasteiger partial charge in [-0.15, -0.1) is 0 Å². The normalized spacial score (nSPS) is 16.0. The third-order valence-electron chi connectivity index (χ3n) is 4.45. The molecule has 134 valence electrons. The van der Waals surface area contributed by atoms with Crippen LogP contribution in [0.1, 0.15) is 57.2 Å². The number of carbonyl (C=O) groups is 1. The number of carbonyl (C=O) groups excluding carboxylic acids is 1. The minimum Gasteiger partial charge on any atom is -0.433 e. The van der Waals surface area contributed by atoms with Crippen LogP contribution in [0, 0.1) is 0 Å². The van der Waals surface area contributed by atoms with Crippen molar-refractivity contribution in [2.45, 2.75) is 58.1 Å². The Morgan fingerprint density at radius 1 is 1.20 bits per heavy atom. The lowest BCUT2D eigenvalue weighted by atomic mass is 9.86. The molecule has 0 aromatic carbocycles. The quantitative estimate of drug-likeness (QED) is 0.805. The van der Waals surface area contributed by atoms with E-state index in [9.17, 15) is 13.6 Å². The Balaban J connectivity index is 1.92. The molecule has 0 bridgehead atoms. The van der Waals surface area contributed by atoms with Crippen molar-refractivity contribution in [3.05, 3.63) is 30.2 Å². The number of aromatic nitrogens is 3. The van der Waals surface area contributed by atoms with Crippen LogP contribution in [-0.2, 0) is 4.79 Å². The molecule has 3 rings (SSSR count). The maximum atomic E-state index is 12.4. The van der Waals surface area contributed by atoms with Crippen molar-refractivity contribution in [1.82, 2.24) is 14.8 Å². The van der Waals surface area contributed by atoms with Gasteiger partial charge in [-0.25, -0.2) is 0 Å². The highest BCUT2D eigenvalue weighted by atomic mass is 19.3. The molecule has 1 fully saturated rings. The molecule has 0 spiro atoms. The number of hydrogen-bond acceptors (Lipinski definition) is 4. The van der Waals surface area contributed by atoms with Crippen LogP contribution in [0.3, 0.4) is 0 Å². The number of alkyl halides is 2. The minimum atomic E-state index is -2.89. The van der Waals surface area contributed by atoms with Crippen LogP contribution in [0.5, 0.6) is 5.75 Å². The summed E-state index contributed by atoms with van der Waals surface area (Å²) in [7, 11) is 0. The molecule has 0 aliphatic heterocycles. The van der Waals surface area contributed by atoms with Crippen molar-refractivity contribution in [3.63, 3.8) is 0 Å². The Morgan fingerprint density at radius 2 is 1.92 bits per heavy atom. The van der Waals surface area contributed by atoms with Gasteiger partial charge in [0.1, 0.15) is 11.5 Å². The Bertz CT molecular complexity index is 749. The Morgan fingerprint density at radius 3 is 2.56 bits per heavy atom. The summed E-state index contributed by atoms with van der Waals surface area (Å²) in [5.41, 5.74) is 2.39. The van der Waals surface area contributed by atoms with Gasteiger partial charge >= 0.3 is 6.61 Å². The fourth-order valence-electron chi connectivity index (χ4n) is 3.23. The van der Waals surface area contributed by atoms with Crippen LogP contribution in [0.15, 0.2) is 24.5 Å². The Hall–Kier alpha value is -2.31. The van der Waals surface area contributed by atoms with Crippen molar-refractivity contribution < 1.29 is 18.3 Å². The van der Waals surface area contributed by atoms with Crippen LogP contribution in [0.2, 0.25) is 0 Å². The summed E-state index contributed by atoms with van der Waals surface area (Å²) in [5.74, 6) is 0.611. The van der Waals surface area contributed by atoms with Gasteiger partial charge < -0.3 is 4.74 Å². The molecule has 2 aromatic rings. The smallest absolute Gasteiger partial charge is 0.387 e. The molecule has 0 N–H and O–H groups in total. The van der Waals surface area contributed by atoms with Gasteiger partial charge in [0.25, 0.3) is 0 Å². The first kappa shape index (κ1) is 17.5. The number of hydrogen-bond donors (Lipinski definition) is 0. The van der Waals surface area contributed by atoms with E-state index >= 15 is 0 Å². The fraction of sp³-hybridized carbons (Fsp3) is 0.500. The Kier molecular flexibility index (Phi) is 5.11. The van der Waals surface area contributed by atoms with Crippen molar-refractivity contribution in [1.29, 1.82) is 0 Å². The molecule has 1 saturated carbocycles. The van der Waals surface area contributed by atoms with Crippen LogP contribution in [0.25, 0.3) is 11.3 Å². The number of rotatable bonds is 5. The summed E-state index contributed by atoms with van der Waals surface area (Å²) < 4.78 is 31.2. The summed E-state index contributed by atoms with van der Waals surface area (Å²) >= 11 is 0. The monoisotopic (exact) mass is 349 g/mol. The molecule has 1 aliphatic carbocycles. The highest BCUT2D eigenvalue weighted by Crippen LogP contribution is 2.35. The molecule has 0 radical (unpaired) electrons. The topological polar surface area (TPSA) is 57.0 Å². The van der Waals surface area contributed by atoms with Crippen molar-refractivity contribution >= 4 is 5.78 Å². The zero-order valence-electron chi connectivity index (χ0n) is 14.3. The number of ether oxygens (including phenoxy) is 1. The predicted molar refractivity (Wildman–Crippen MR) is 88.7 cm³/mol. The maximum Gasteiger partial charge on any atom is 0.387 e. The van der Waals surface area contributed by atoms with E-state index in [1.54, 1.807) is 6.20 Å². The molecule has 2 heterocycles. The molecule has 0 saturated heterocycles. The fourth-order valence-corrected chi connectivity index (χ4v) is 3.23. The second-order valence-corrected chi connectivity index (χ2v) is 6.59. The summed E-state index contributed by atoms with van der Waals surface area (Å²) in [6, 6.07) is 3.65. The van der Waals surface area contributed by atoms with Gasteiger partial charge in [0.2, 0.25) is 0 Å². The van der Waals surface area contributed by atoms with Crippen molar-refractivity contribution in [2.75, 3.05) is 0 Å². The van der Waals surface area contributed by atoms with Crippen molar-refractivity contribution in [2.24, 2.45) is 0 Å². The van der Waals surface area contributed by atoms with E-state index in [1.165, 1.54) is 12.3 Å². The predicted octanol–water partition coefficient (Wildman–Crippen LogP) is 4.35. The standard InChI is InChI=1S/C18H21F2N3O2/c1-11(2)23-17(12-3-5-14(24)6-4-12)8-16(22-23)13-7-15(10-21-9-13)25-18(19)20/h7-12,18H,3-6H2,1-2H3. The summed E-state index contributed by atoms with van der Waals surface area (Å²) in [6.07, 6.45) is 5.68. The average Bonchev–Trinajstić information content (AvgIpc) is 3.01. The highest BCUT2D eigenvalue weighted by Gasteiger charge is 2.25. The number of nitrogens with zero attached hydrogens (tertiary/aromatic N) is 3. The number of Topliss-reactive ketones (excluding diaryl/α,β-unsaturated/α-hetero) is 1. The summed E-state index contributed by atoms with van der Waals surface area (Å²) in [4.78, 5) is 15.5. The van der Waals surface area contributed by atoms with Gasteiger partial charge in [-0.2, -0.15) is 13.9 Å². The first-order valence-corrected chi connectivity index (χ1v) is 8.45. The molecule has 1 aliphatic rings. The lowest BCUT2D eigenvalue weighted by Crippen LogP contribution is -2.17. The molecule has 7 heteroatoms. The number of pyridine rings is 1. The molecule has 25 heavy (non-hydrogen) atoms. The Labute approximate surface area is 145 Å². The first-order chi connectivity index (χ1) is 11.9. The number of ketones is 1. The molecule has 0 atom stereocenters. The van der Waals surface area contributed by atoms with Crippen LogP contribution < -0.4 is 4.74 Å². The lowest BCUT2D eigenvalue weighted by molar-refractivity contribution is -0.120. The van der Waals surface area contributed by atoms with E-state index < -0.39 is 6.61 Å². The molecule has 5 nitrogen and oxygen atoms in total. The first-order valence-electron chi connectivity index (χ1n) is 8.45. The molecular weight excluding hydrogens is 328 g/mol. The molecular formula is C18H21F2N3O2. The third kappa shape index (κ3) is 4.03. The zero-order valence-corrected chi connectivity index (χ0v) is 14.3. The minimum absolute atomic E-state index is 0.0106. The SMILES string of the molecule is CC(C)n1nc(-c2cncc(OC(F)F)c2)cc1C1CCC(=O)CC1. The van der Waals surface area contributed by atoms with Gasteiger partial charge in [0.05, 0.1) is 11.9 Å². The third-order valence-corrected chi connectivity index (χ3v) is 4.45. The van der Waals surface area contributed by atoms with E-state index in [0.717, 1.165) is 18.5 Å². The largest absolute Gasteiger partial charge is 0.433 e. The van der Waals surface area contributed by atoms with E-state index in [-0.39, 0.29) is 17.7 Å². The second kappa shape index (κ2) is 7.29. The van der Waals surface area contributed by atoms with Gasteiger partial charge in [-0.3, -0.25) is 14.5 Å². The van der Waals surface area contributed by atoms with E-state index in [4.69, 9.17) is 0 Å². The van der Waals surface area contributed by atoms with Crippen LogP contribution in [-0.4, -0.2) is 27.2 Å². The lowest BCUT2D eigenvalue weighted by Gasteiger charge is -2.23. The van der Waals surface area contributed by atoms with Crippen molar-refractivity contribution in [3.8, 4) is 17.0 Å². The van der Waals surface area contributed by atoms with Crippen LogP contribution in [0.4, 0.5) is 8.78 Å². The van der Waals surface area contributed by atoms with Gasteiger partial charge in [-0.05, 0) is 38.8 Å². The average molecular weight is 349 g/mol. The van der Waals surface area contributed by atoms with E-state index in [0.29, 0.717) is 29.9 Å². The molecule has 2 aromatic heterocycles. The van der Waals surface area contributed by atoms with Crippen LogP contribution >= 0.6 is 0 Å². The summed E-state index contributed by atoms with van der Waals surface area (Å²) in [6.45, 7) is 1.20. The van der Waals surface area contributed by atoms with Gasteiger partial charge in [-0.1, -0.05) is 0 Å². The zero-order chi connectivity index (χ0) is 18.0. The van der Waals surface area contributed by atoms with E-state index in [1.807, 2.05) is 24.6 Å². The van der Waals surface area contributed by atoms with Gasteiger partial charge in [0, 0.05) is 42.3 Å². The van der Waals surface area contributed by atoms with E-state index in [2.05, 4.69) is 14.8 Å².